The second-order valence-corrected chi connectivity index (χ2v) is 5.81. The summed E-state index contributed by atoms with van der Waals surface area (Å²) in [6, 6.07) is 7.76. The van der Waals surface area contributed by atoms with Crippen LogP contribution >= 0.6 is 0 Å². The van der Waals surface area contributed by atoms with Crippen LogP contribution in [0.4, 0.5) is 8.78 Å². The number of aromatic nitrogens is 1. The molecular weight excluding hydrogens is 246 g/mol. The highest BCUT2D eigenvalue weighted by atomic mass is 19.3. The predicted molar refractivity (Wildman–Crippen MR) is 74.5 cm³/mol. The SMILES string of the molecule is CC(C)(C)NCc1cccc2c1ccn2CC(F)F. The lowest BCUT2D eigenvalue weighted by Crippen LogP contribution is -2.35. The minimum atomic E-state index is -2.33. The molecule has 0 spiro atoms. The number of nitrogens with zero attached hydrogens (tertiary/aromatic N) is 1. The first kappa shape index (κ1) is 14.0. The minimum Gasteiger partial charge on any atom is -0.342 e. The van der Waals surface area contributed by atoms with Crippen molar-refractivity contribution < 1.29 is 8.78 Å². The zero-order valence-corrected chi connectivity index (χ0v) is 11.6. The zero-order chi connectivity index (χ0) is 14.0. The highest BCUT2D eigenvalue weighted by Crippen LogP contribution is 2.21. The van der Waals surface area contributed by atoms with Crippen LogP contribution in [0.2, 0.25) is 0 Å². The fourth-order valence-electron chi connectivity index (χ4n) is 2.11. The van der Waals surface area contributed by atoms with E-state index in [9.17, 15) is 8.78 Å². The maximum atomic E-state index is 12.5. The van der Waals surface area contributed by atoms with Gasteiger partial charge in [0.05, 0.1) is 6.54 Å². The van der Waals surface area contributed by atoms with Gasteiger partial charge in [-0.2, -0.15) is 0 Å². The van der Waals surface area contributed by atoms with E-state index in [0.717, 1.165) is 23.0 Å². The van der Waals surface area contributed by atoms with Gasteiger partial charge in [0.2, 0.25) is 0 Å². The molecule has 104 valence electrons. The van der Waals surface area contributed by atoms with Crippen LogP contribution in [-0.4, -0.2) is 16.5 Å². The topological polar surface area (TPSA) is 17.0 Å². The third-order valence-corrected chi connectivity index (χ3v) is 3.05. The van der Waals surface area contributed by atoms with Gasteiger partial charge in [0, 0.05) is 29.2 Å². The van der Waals surface area contributed by atoms with Crippen LogP contribution in [0.1, 0.15) is 26.3 Å². The maximum absolute atomic E-state index is 12.5. The molecule has 4 heteroatoms. The van der Waals surface area contributed by atoms with Crippen LogP contribution in [0.3, 0.4) is 0 Å². The first-order valence-corrected chi connectivity index (χ1v) is 6.47. The number of fused-ring (bicyclic) bond motifs is 1. The number of alkyl halides is 2. The maximum Gasteiger partial charge on any atom is 0.256 e. The van der Waals surface area contributed by atoms with Crippen molar-refractivity contribution in [2.75, 3.05) is 0 Å². The minimum absolute atomic E-state index is 0.0354. The van der Waals surface area contributed by atoms with Gasteiger partial charge in [0.25, 0.3) is 6.43 Å². The van der Waals surface area contributed by atoms with E-state index in [1.165, 1.54) is 0 Å². The van der Waals surface area contributed by atoms with E-state index in [2.05, 4.69) is 26.1 Å². The molecule has 0 atom stereocenters. The standard InChI is InChI=1S/C15H20F2N2/c1-15(2,3)18-9-11-5-4-6-13-12(11)7-8-19(13)10-14(16)17/h4-8,14,18H,9-10H2,1-3H3. The van der Waals surface area contributed by atoms with Gasteiger partial charge in [0.15, 0.2) is 0 Å². The van der Waals surface area contributed by atoms with Gasteiger partial charge in [-0.1, -0.05) is 12.1 Å². The molecule has 1 aromatic heterocycles. The quantitative estimate of drug-likeness (QED) is 0.890. The highest BCUT2D eigenvalue weighted by Gasteiger charge is 2.12. The van der Waals surface area contributed by atoms with Crippen molar-refractivity contribution in [3.63, 3.8) is 0 Å². The van der Waals surface area contributed by atoms with Crippen LogP contribution in [0.5, 0.6) is 0 Å². The molecule has 2 aromatic rings. The molecule has 1 N–H and O–H groups in total. The lowest BCUT2D eigenvalue weighted by atomic mass is 10.1. The number of nitrogens with one attached hydrogen (secondary N) is 1. The van der Waals surface area contributed by atoms with E-state index >= 15 is 0 Å². The molecule has 0 bridgehead atoms. The van der Waals surface area contributed by atoms with E-state index in [-0.39, 0.29) is 12.1 Å². The van der Waals surface area contributed by atoms with Crippen molar-refractivity contribution in [1.29, 1.82) is 0 Å². The van der Waals surface area contributed by atoms with Crippen LogP contribution in [-0.2, 0) is 13.1 Å². The monoisotopic (exact) mass is 266 g/mol. The molecule has 1 aromatic carbocycles. The second-order valence-electron chi connectivity index (χ2n) is 5.81. The Hall–Kier alpha value is -1.42. The normalized spacial score (nSPS) is 12.5. The molecule has 0 saturated carbocycles. The van der Waals surface area contributed by atoms with Gasteiger partial charge in [-0.15, -0.1) is 0 Å². The van der Waals surface area contributed by atoms with Crippen molar-refractivity contribution in [2.45, 2.75) is 45.8 Å². The van der Waals surface area contributed by atoms with Crippen molar-refractivity contribution in [1.82, 2.24) is 9.88 Å². The number of hydrogen-bond donors (Lipinski definition) is 1. The summed E-state index contributed by atoms with van der Waals surface area (Å²) in [5.41, 5.74) is 2.04. The number of benzene rings is 1. The summed E-state index contributed by atoms with van der Waals surface area (Å²) in [6.45, 7) is 6.80. The van der Waals surface area contributed by atoms with E-state index in [4.69, 9.17) is 0 Å². The number of hydrogen-bond acceptors (Lipinski definition) is 1. The molecule has 2 rings (SSSR count). The summed E-state index contributed by atoms with van der Waals surface area (Å²) < 4.78 is 26.6. The fourth-order valence-corrected chi connectivity index (χ4v) is 2.11. The van der Waals surface area contributed by atoms with Crippen molar-refractivity contribution in [3.05, 3.63) is 36.0 Å². The van der Waals surface area contributed by atoms with Crippen molar-refractivity contribution >= 4 is 10.9 Å². The summed E-state index contributed by atoms with van der Waals surface area (Å²) in [5.74, 6) is 0. The third-order valence-electron chi connectivity index (χ3n) is 3.05. The summed E-state index contributed by atoms with van der Waals surface area (Å²) in [6.07, 6.45) is -0.593. The molecule has 0 fully saturated rings. The van der Waals surface area contributed by atoms with Gasteiger partial charge < -0.3 is 9.88 Å². The Labute approximate surface area is 112 Å². The average molecular weight is 266 g/mol. The van der Waals surface area contributed by atoms with E-state index in [1.807, 2.05) is 24.3 Å². The Bertz CT molecular complexity index is 553. The fraction of sp³-hybridized carbons (Fsp3) is 0.467. The van der Waals surface area contributed by atoms with Gasteiger partial charge in [-0.25, -0.2) is 8.78 Å². The molecule has 0 aliphatic rings. The Kier molecular flexibility index (Phi) is 3.90. The molecule has 0 unspecified atom stereocenters. The van der Waals surface area contributed by atoms with E-state index in [1.54, 1.807) is 10.8 Å². The summed E-state index contributed by atoms with van der Waals surface area (Å²) in [4.78, 5) is 0. The van der Waals surface area contributed by atoms with Crippen molar-refractivity contribution in [2.24, 2.45) is 0 Å². The number of halogens is 2. The predicted octanol–water partition coefficient (Wildman–Crippen LogP) is 3.79. The lowest BCUT2D eigenvalue weighted by molar-refractivity contribution is 0.128. The highest BCUT2D eigenvalue weighted by molar-refractivity contribution is 5.83. The molecule has 0 radical (unpaired) electrons. The molecule has 1 heterocycles. The molecule has 0 aliphatic carbocycles. The summed E-state index contributed by atoms with van der Waals surface area (Å²) >= 11 is 0. The Balaban J connectivity index is 2.28. The van der Waals surface area contributed by atoms with Crippen LogP contribution in [0, 0.1) is 0 Å². The van der Waals surface area contributed by atoms with Crippen LogP contribution < -0.4 is 5.32 Å². The number of rotatable bonds is 4. The Morgan fingerprint density at radius 1 is 1.21 bits per heavy atom. The Morgan fingerprint density at radius 2 is 1.95 bits per heavy atom. The largest absolute Gasteiger partial charge is 0.342 e. The van der Waals surface area contributed by atoms with Gasteiger partial charge in [0.1, 0.15) is 0 Å². The zero-order valence-electron chi connectivity index (χ0n) is 11.6. The molecule has 0 aliphatic heterocycles. The second kappa shape index (κ2) is 5.29. The van der Waals surface area contributed by atoms with Crippen LogP contribution in [0.25, 0.3) is 10.9 Å². The molecular formula is C15H20F2N2. The summed E-state index contributed by atoms with van der Waals surface area (Å²) in [5, 5.41) is 4.46. The summed E-state index contributed by atoms with van der Waals surface area (Å²) in [7, 11) is 0. The molecule has 2 nitrogen and oxygen atoms in total. The van der Waals surface area contributed by atoms with Gasteiger partial charge in [-0.3, -0.25) is 0 Å². The molecule has 19 heavy (non-hydrogen) atoms. The first-order valence-electron chi connectivity index (χ1n) is 6.47. The van der Waals surface area contributed by atoms with Crippen molar-refractivity contribution in [3.8, 4) is 0 Å². The lowest BCUT2D eigenvalue weighted by Gasteiger charge is -2.21. The average Bonchev–Trinajstić information content (AvgIpc) is 2.69. The third kappa shape index (κ3) is 3.53. The first-order chi connectivity index (χ1) is 8.87. The molecule has 0 saturated heterocycles. The van der Waals surface area contributed by atoms with Crippen LogP contribution in [0.15, 0.2) is 30.5 Å². The Morgan fingerprint density at radius 3 is 2.58 bits per heavy atom. The molecule has 0 amide bonds. The smallest absolute Gasteiger partial charge is 0.256 e. The van der Waals surface area contributed by atoms with E-state index < -0.39 is 6.43 Å². The van der Waals surface area contributed by atoms with Gasteiger partial charge >= 0.3 is 0 Å². The van der Waals surface area contributed by atoms with E-state index in [0.29, 0.717) is 0 Å². The van der Waals surface area contributed by atoms with Gasteiger partial charge in [-0.05, 0) is 38.5 Å².